The van der Waals surface area contributed by atoms with Crippen molar-refractivity contribution >= 4 is 5.97 Å². The van der Waals surface area contributed by atoms with E-state index in [4.69, 9.17) is 14.6 Å². The first-order chi connectivity index (χ1) is 9.55. The number of hydrogen-bond acceptors (Lipinski definition) is 4. The van der Waals surface area contributed by atoms with Crippen molar-refractivity contribution in [1.82, 2.24) is 4.90 Å². The lowest BCUT2D eigenvalue weighted by atomic mass is 9.99. The van der Waals surface area contributed by atoms with Crippen LogP contribution in [0.3, 0.4) is 0 Å². The second kappa shape index (κ2) is 6.13. The normalized spacial score (nSPS) is 22.8. The van der Waals surface area contributed by atoms with E-state index in [2.05, 4.69) is 4.90 Å². The number of benzene rings is 1. The maximum atomic E-state index is 11.1. The van der Waals surface area contributed by atoms with Crippen LogP contribution in [0.5, 0.6) is 11.5 Å². The van der Waals surface area contributed by atoms with E-state index in [0.717, 1.165) is 23.6 Å². The van der Waals surface area contributed by atoms with Crippen LogP contribution in [0.1, 0.15) is 12.5 Å². The third-order valence-corrected chi connectivity index (χ3v) is 3.89. The highest BCUT2D eigenvalue weighted by Crippen LogP contribution is 2.29. The van der Waals surface area contributed by atoms with Crippen molar-refractivity contribution in [2.24, 2.45) is 11.8 Å². The Balaban J connectivity index is 2.09. The van der Waals surface area contributed by atoms with Crippen molar-refractivity contribution in [3.63, 3.8) is 0 Å². The fourth-order valence-corrected chi connectivity index (χ4v) is 2.74. The minimum Gasteiger partial charge on any atom is -0.497 e. The molecule has 0 saturated carbocycles. The third kappa shape index (κ3) is 3.04. The van der Waals surface area contributed by atoms with Crippen molar-refractivity contribution in [3.8, 4) is 11.5 Å². The number of carboxylic acids is 1. The Morgan fingerprint density at radius 2 is 2.10 bits per heavy atom. The van der Waals surface area contributed by atoms with Crippen LogP contribution in [0.25, 0.3) is 0 Å². The summed E-state index contributed by atoms with van der Waals surface area (Å²) in [6, 6.07) is 5.71. The van der Waals surface area contributed by atoms with Crippen LogP contribution >= 0.6 is 0 Å². The maximum Gasteiger partial charge on any atom is 0.308 e. The Kier molecular flexibility index (Phi) is 4.49. The van der Waals surface area contributed by atoms with Crippen LogP contribution in [0.4, 0.5) is 0 Å². The summed E-state index contributed by atoms with van der Waals surface area (Å²) in [5, 5.41) is 9.17. The first-order valence-corrected chi connectivity index (χ1v) is 6.71. The van der Waals surface area contributed by atoms with E-state index < -0.39 is 5.97 Å². The van der Waals surface area contributed by atoms with Gasteiger partial charge in [0.25, 0.3) is 0 Å². The zero-order chi connectivity index (χ0) is 14.7. The minimum atomic E-state index is -0.707. The van der Waals surface area contributed by atoms with Crippen molar-refractivity contribution in [1.29, 1.82) is 0 Å². The lowest BCUT2D eigenvalue weighted by Gasteiger charge is -2.18. The van der Waals surface area contributed by atoms with Gasteiger partial charge in [-0.25, -0.2) is 0 Å². The monoisotopic (exact) mass is 279 g/mol. The summed E-state index contributed by atoms with van der Waals surface area (Å²) >= 11 is 0. The van der Waals surface area contributed by atoms with Crippen LogP contribution in [-0.2, 0) is 11.3 Å². The highest BCUT2D eigenvalue weighted by molar-refractivity contribution is 5.71. The zero-order valence-electron chi connectivity index (χ0n) is 12.1. The molecule has 1 aliphatic heterocycles. The van der Waals surface area contributed by atoms with Gasteiger partial charge in [0.15, 0.2) is 0 Å². The van der Waals surface area contributed by atoms with Gasteiger partial charge in [0, 0.05) is 31.3 Å². The summed E-state index contributed by atoms with van der Waals surface area (Å²) in [6.45, 7) is 4.07. The molecule has 0 amide bonds. The molecular weight excluding hydrogens is 258 g/mol. The van der Waals surface area contributed by atoms with E-state index in [9.17, 15) is 4.79 Å². The molecule has 1 aromatic carbocycles. The zero-order valence-corrected chi connectivity index (χ0v) is 12.1. The van der Waals surface area contributed by atoms with Gasteiger partial charge >= 0.3 is 5.97 Å². The average molecular weight is 279 g/mol. The molecule has 20 heavy (non-hydrogen) atoms. The molecule has 1 heterocycles. The summed E-state index contributed by atoms with van der Waals surface area (Å²) < 4.78 is 10.6. The molecular formula is C15H21NO4. The quantitative estimate of drug-likeness (QED) is 0.891. The first kappa shape index (κ1) is 14.7. The molecule has 110 valence electrons. The minimum absolute atomic E-state index is 0.178. The molecule has 2 atom stereocenters. The number of carbonyl (C=O) groups is 1. The van der Waals surface area contributed by atoms with E-state index in [1.165, 1.54) is 0 Å². The lowest BCUT2D eigenvalue weighted by molar-refractivity contribution is -0.142. The number of aliphatic carboxylic acids is 1. The SMILES string of the molecule is COc1ccc(CN2CC(C)C(C(=O)O)C2)c(OC)c1. The van der Waals surface area contributed by atoms with Crippen LogP contribution in [0, 0.1) is 11.8 Å². The molecule has 0 radical (unpaired) electrons. The fraction of sp³-hybridized carbons (Fsp3) is 0.533. The summed E-state index contributed by atoms with van der Waals surface area (Å²) in [5.74, 6) is 0.720. The Labute approximate surface area is 119 Å². The van der Waals surface area contributed by atoms with E-state index in [-0.39, 0.29) is 11.8 Å². The second-order valence-electron chi connectivity index (χ2n) is 5.29. The molecule has 5 nitrogen and oxygen atoms in total. The molecule has 0 bridgehead atoms. The van der Waals surface area contributed by atoms with Gasteiger partial charge in [0.2, 0.25) is 0 Å². The first-order valence-electron chi connectivity index (χ1n) is 6.71. The van der Waals surface area contributed by atoms with Gasteiger partial charge in [-0.1, -0.05) is 13.0 Å². The number of likely N-dealkylation sites (tertiary alicyclic amines) is 1. The molecule has 1 aliphatic rings. The summed E-state index contributed by atoms with van der Waals surface area (Å²) in [4.78, 5) is 13.3. The molecule has 2 unspecified atom stereocenters. The van der Waals surface area contributed by atoms with Crippen molar-refractivity contribution in [2.75, 3.05) is 27.3 Å². The number of ether oxygens (including phenoxy) is 2. The highest BCUT2D eigenvalue weighted by atomic mass is 16.5. The van der Waals surface area contributed by atoms with Gasteiger partial charge < -0.3 is 14.6 Å². The Bertz CT molecular complexity index is 489. The van der Waals surface area contributed by atoms with Gasteiger partial charge in [-0.15, -0.1) is 0 Å². The van der Waals surface area contributed by atoms with E-state index in [0.29, 0.717) is 13.1 Å². The van der Waals surface area contributed by atoms with Gasteiger partial charge in [-0.05, 0) is 12.0 Å². The topological polar surface area (TPSA) is 59.0 Å². The molecule has 1 saturated heterocycles. The van der Waals surface area contributed by atoms with Crippen LogP contribution in [0.15, 0.2) is 18.2 Å². The van der Waals surface area contributed by atoms with E-state index in [1.807, 2.05) is 25.1 Å². The average Bonchev–Trinajstić information content (AvgIpc) is 2.80. The number of rotatable bonds is 5. The summed E-state index contributed by atoms with van der Waals surface area (Å²) in [6.07, 6.45) is 0. The molecule has 2 rings (SSSR count). The van der Waals surface area contributed by atoms with Gasteiger partial charge in [0.05, 0.1) is 20.1 Å². The maximum absolute atomic E-state index is 11.1. The lowest BCUT2D eigenvalue weighted by Crippen LogP contribution is -2.23. The molecule has 5 heteroatoms. The van der Waals surface area contributed by atoms with Crippen molar-refractivity contribution < 1.29 is 19.4 Å². The largest absolute Gasteiger partial charge is 0.497 e. The highest BCUT2D eigenvalue weighted by Gasteiger charge is 2.34. The predicted octanol–water partition coefficient (Wildman–Crippen LogP) is 1.86. The summed E-state index contributed by atoms with van der Waals surface area (Å²) in [7, 11) is 3.25. The predicted molar refractivity (Wildman–Crippen MR) is 75.1 cm³/mol. The number of methoxy groups -OCH3 is 2. The smallest absolute Gasteiger partial charge is 0.308 e. The number of nitrogens with zero attached hydrogens (tertiary/aromatic N) is 1. The molecule has 0 aromatic heterocycles. The van der Waals surface area contributed by atoms with Crippen LogP contribution < -0.4 is 9.47 Å². The van der Waals surface area contributed by atoms with Crippen LogP contribution in [-0.4, -0.2) is 43.3 Å². The number of hydrogen-bond donors (Lipinski definition) is 1. The molecule has 1 fully saturated rings. The van der Waals surface area contributed by atoms with Crippen LogP contribution in [0.2, 0.25) is 0 Å². The fourth-order valence-electron chi connectivity index (χ4n) is 2.74. The van der Waals surface area contributed by atoms with Gasteiger partial charge in [-0.2, -0.15) is 0 Å². The summed E-state index contributed by atoms with van der Waals surface area (Å²) in [5.41, 5.74) is 1.05. The van der Waals surface area contributed by atoms with E-state index >= 15 is 0 Å². The standard InChI is InChI=1S/C15H21NO4/c1-10-7-16(9-13(10)15(17)18)8-11-4-5-12(19-2)6-14(11)20-3/h4-6,10,13H,7-9H2,1-3H3,(H,17,18). The molecule has 1 aromatic rings. The molecule has 0 aliphatic carbocycles. The molecule has 1 N–H and O–H groups in total. The van der Waals surface area contributed by atoms with Crippen molar-refractivity contribution in [3.05, 3.63) is 23.8 Å². The van der Waals surface area contributed by atoms with Gasteiger partial charge in [0.1, 0.15) is 11.5 Å². The Morgan fingerprint density at radius 1 is 1.35 bits per heavy atom. The number of carboxylic acid groups (broad SMARTS) is 1. The third-order valence-electron chi connectivity index (χ3n) is 3.89. The molecule has 0 spiro atoms. The Hall–Kier alpha value is -1.75. The van der Waals surface area contributed by atoms with E-state index in [1.54, 1.807) is 14.2 Å². The second-order valence-corrected chi connectivity index (χ2v) is 5.29. The Morgan fingerprint density at radius 3 is 2.65 bits per heavy atom. The van der Waals surface area contributed by atoms with Gasteiger partial charge in [-0.3, -0.25) is 9.69 Å². The van der Waals surface area contributed by atoms with Crippen molar-refractivity contribution in [2.45, 2.75) is 13.5 Å².